The van der Waals surface area contributed by atoms with Crippen molar-refractivity contribution in [3.63, 3.8) is 0 Å². The molecular weight excluding hydrogens is 420 g/mol. The minimum Gasteiger partial charge on any atom is -0.493 e. The molecule has 0 saturated carbocycles. The molecule has 170 valence electrons. The van der Waals surface area contributed by atoms with Gasteiger partial charge in [-0.2, -0.15) is 0 Å². The Bertz CT molecular complexity index is 1270. The summed E-state index contributed by atoms with van der Waals surface area (Å²) < 4.78 is 18.6. The smallest absolute Gasteiger partial charge is 0.214 e. The Labute approximate surface area is 192 Å². The molecule has 0 N–H and O–H groups in total. The van der Waals surface area contributed by atoms with E-state index in [2.05, 4.69) is 4.57 Å². The molecule has 33 heavy (non-hydrogen) atoms. The van der Waals surface area contributed by atoms with Crippen LogP contribution in [0, 0.1) is 10.1 Å². The maximum absolute atomic E-state index is 11.9. The lowest BCUT2D eigenvalue weighted by atomic mass is 9.87. The van der Waals surface area contributed by atoms with E-state index in [0.717, 1.165) is 33.3 Å². The van der Waals surface area contributed by atoms with Gasteiger partial charge in [-0.1, -0.05) is 48.5 Å². The number of para-hydroxylation sites is 1. The lowest BCUT2D eigenvalue weighted by molar-refractivity contribution is -0.481. The minimum atomic E-state index is -0.546. The summed E-state index contributed by atoms with van der Waals surface area (Å²) in [4.78, 5) is 11.6. The number of nitro groups is 1. The molecule has 0 unspecified atom stereocenters. The van der Waals surface area contributed by atoms with E-state index >= 15 is 0 Å². The highest BCUT2D eigenvalue weighted by atomic mass is 16.6. The number of methoxy groups -OCH3 is 3. The van der Waals surface area contributed by atoms with Gasteiger partial charge in [0, 0.05) is 22.9 Å². The van der Waals surface area contributed by atoms with Crippen LogP contribution >= 0.6 is 0 Å². The summed E-state index contributed by atoms with van der Waals surface area (Å²) in [6, 6.07) is 21.5. The van der Waals surface area contributed by atoms with Gasteiger partial charge < -0.3 is 18.8 Å². The fourth-order valence-corrected chi connectivity index (χ4v) is 4.54. The van der Waals surface area contributed by atoms with Crippen LogP contribution in [-0.4, -0.2) is 37.4 Å². The molecule has 4 rings (SSSR count). The predicted molar refractivity (Wildman–Crippen MR) is 128 cm³/mol. The largest absolute Gasteiger partial charge is 0.493 e. The van der Waals surface area contributed by atoms with Crippen LogP contribution in [0.2, 0.25) is 0 Å². The van der Waals surface area contributed by atoms with E-state index < -0.39 is 5.92 Å². The van der Waals surface area contributed by atoms with Crippen molar-refractivity contribution >= 4 is 10.9 Å². The van der Waals surface area contributed by atoms with Crippen molar-refractivity contribution in [2.75, 3.05) is 27.9 Å². The fourth-order valence-electron chi connectivity index (χ4n) is 4.54. The molecule has 4 aromatic rings. The summed E-state index contributed by atoms with van der Waals surface area (Å²) in [5, 5.41) is 12.9. The van der Waals surface area contributed by atoms with Crippen molar-refractivity contribution in [1.29, 1.82) is 0 Å². The highest BCUT2D eigenvalue weighted by Gasteiger charge is 2.30. The third-order valence-corrected chi connectivity index (χ3v) is 5.96. The molecule has 0 aliphatic rings. The molecular formula is C26H26N2O5. The van der Waals surface area contributed by atoms with Gasteiger partial charge in [0.25, 0.3) is 0 Å². The Morgan fingerprint density at radius 2 is 1.52 bits per heavy atom. The zero-order chi connectivity index (χ0) is 23.5. The van der Waals surface area contributed by atoms with Crippen LogP contribution in [0.4, 0.5) is 0 Å². The van der Waals surface area contributed by atoms with E-state index in [-0.39, 0.29) is 11.5 Å². The van der Waals surface area contributed by atoms with Gasteiger partial charge in [0.05, 0.1) is 32.9 Å². The monoisotopic (exact) mass is 446 g/mol. The molecule has 0 aliphatic heterocycles. The van der Waals surface area contributed by atoms with Crippen molar-refractivity contribution in [2.24, 2.45) is 7.05 Å². The number of fused-ring (bicyclic) bond motifs is 1. The van der Waals surface area contributed by atoms with Gasteiger partial charge in [0.2, 0.25) is 12.3 Å². The molecule has 3 aromatic carbocycles. The summed E-state index contributed by atoms with van der Waals surface area (Å²) in [5.41, 5.74) is 4.55. The summed E-state index contributed by atoms with van der Waals surface area (Å²) >= 11 is 0. The summed E-state index contributed by atoms with van der Waals surface area (Å²) in [5.74, 6) is 0.822. The van der Waals surface area contributed by atoms with E-state index in [0.29, 0.717) is 17.2 Å². The number of nitrogens with zero attached hydrogens (tertiary/aromatic N) is 2. The lowest BCUT2D eigenvalue weighted by Gasteiger charge is -2.20. The molecule has 1 atom stereocenters. The van der Waals surface area contributed by atoms with Gasteiger partial charge in [-0.3, -0.25) is 10.1 Å². The van der Waals surface area contributed by atoms with Crippen molar-refractivity contribution in [2.45, 2.75) is 5.92 Å². The first kappa shape index (κ1) is 22.2. The average molecular weight is 447 g/mol. The lowest BCUT2D eigenvalue weighted by Crippen LogP contribution is -2.15. The second kappa shape index (κ2) is 9.24. The van der Waals surface area contributed by atoms with E-state index in [1.54, 1.807) is 12.1 Å². The van der Waals surface area contributed by atoms with Crippen LogP contribution in [0.15, 0.2) is 66.7 Å². The van der Waals surface area contributed by atoms with Crippen LogP contribution in [-0.2, 0) is 7.05 Å². The molecule has 1 aromatic heterocycles. The second-order valence-electron chi connectivity index (χ2n) is 7.73. The molecule has 0 fully saturated rings. The molecule has 0 amide bonds. The van der Waals surface area contributed by atoms with Crippen LogP contribution in [0.5, 0.6) is 17.2 Å². The number of ether oxygens (including phenoxy) is 3. The molecule has 0 bridgehead atoms. The molecule has 1 heterocycles. The minimum absolute atomic E-state index is 0.273. The standard InChI is InChI=1S/C26H26N2O5/c1-27-21-13-9-8-12-19(21)24(25(27)17-10-6-5-7-11-17)20(16-28(29)30)18-14-22(31-2)26(33-4)23(15-18)32-3/h5-15,20H,16H2,1-4H3/t20-/m1/s1. The number of aromatic nitrogens is 1. The highest BCUT2D eigenvalue weighted by Crippen LogP contribution is 2.45. The van der Waals surface area contributed by atoms with Gasteiger partial charge in [-0.05, 0) is 34.9 Å². The predicted octanol–water partition coefficient (Wildman–Crippen LogP) is 5.28. The third kappa shape index (κ3) is 3.98. The molecule has 0 saturated heterocycles. The normalized spacial score (nSPS) is 11.9. The van der Waals surface area contributed by atoms with Gasteiger partial charge >= 0.3 is 0 Å². The van der Waals surface area contributed by atoms with Gasteiger partial charge in [0.1, 0.15) is 0 Å². The van der Waals surface area contributed by atoms with Crippen molar-refractivity contribution in [3.8, 4) is 28.5 Å². The number of hydrogen-bond donors (Lipinski definition) is 0. The van der Waals surface area contributed by atoms with Gasteiger partial charge in [0.15, 0.2) is 11.5 Å². The van der Waals surface area contributed by atoms with Crippen LogP contribution < -0.4 is 14.2 Å². The van der Waals surface area contributed by atoms with Crippen molar-refractivity contribution in [3.05, 3.63) is 88.0 Å². The first-order chi connectivity index (χ1) is 16.0. The third-order valence-electron chi connectivity index (χ3n) is 5.96. The average Bonchev–Trinajstić information content (AvgIpc) is 3.14. The molecule has 7 heteroatoms. The summed E-state index contributed by atoms with van der Waals surface area (Å²) in [7, 11) is 6.60. The summed E-state index contributed by atoms with van der Waals surface area (Å²) in [6.45, 7) is -0.285. The fraction of sp³-hybridized carbons (Fsp3) is 0.231. The maximum atomic E-state index is 11.9. The first-order valence-corrected chi connectivity index (χ1v) is 10.5. The van der Waals surface area contributed by atoms with Gasteiger partial charge in [-0.15, -0.1) is 0 Å². The van der Waals surface area contributed by atoms with Crippen molar-refractivity contribution < 1.29 is 19.1 Å². The second-order valence-corrected chi connectivity index (χ2v) is 7.73. The van der Waals surface area contributed by atoms with E-state index in [1.807, 2.05) is 61.6 Å². The number of benzene rings is 3. The highest BCUT2D eigenvalue weighted by molar-refractivity contribution is 5.93. The van der Waals surface area contributed by atoms with E-state index in [4.69, 9.17) is 14.2 Å². The van der Waals surface area contributed by atoms with Gasteiger partial charge in [-0.25, -0.2) is 0 Å². The molecule has 0 spiro atoms. The number of hydrogen-bond acceptors (Lipinski definition) is 5. The molecule has 0 radical (unpaired) electrons. The Morgan fingerprint density at radius 3 is 2.09 bits per heavy atom. The Balaban J connectivity index is 2.06. The van der Waals surface area contributed by atoms with Crippen LogP contribution in [0.1, 0.15) is 17.0 Å². The Morgan fingerprint density at radius 1 is 0.909 bits per heavy atom. The SMILES string of the molecule is COc1cc([C@@H](C[N+](=O)[O-])c2c(-c3ccccc3)n(C)c3ccccc23)cc(OC)c1OC. The first-order valence-electron chi connectivity index (χ1n) is 10.5. The van der Waals surface area contributed by atoms with Crippen LogP contribution in [0.3, 0.4) is 0 Å². The van der Waals surface area contributed by atoms with Crippen molar-refractivity contribution in [1.82, 2.24) is 4.57 Å². The Hall–Kier alpha value is -4.00. The molecule has 7 nitrogen and oxygen atoms in total. The molecule has 0 aliphatic carbocycles. The van der Waals surface area contributed by atoms with E-state index in [1.165, 1.54) is 21.3 Å². The zero-order valence-electron chi connectivity index (χ0n) is 19.1. The Kier molecular flexibility index (Phi) is 6.22. The van der Waals surface area contributed by atoms with Crippen LogP contribution in [0.25, 0.3) is 22.2 Å². The zero-order valence-corrected chi connectivity index (χ0v) is 19.1. The maximum Gasteiger partial charge on any atom is 0.214 e. The van der Waals surface area contributed by atoms with E-state index in [9.17, 15) is 10.1 Å². The topological polar surface area (TPSA) is 75.8 Å². The quantitative estimate of drug-likeness (QED) is 0.272. The number of aryl methyl sites for hydroxylation is 1. The number of rotatable bonds is 8. The summed E-state index contributed by atoms with van der Waals surface area (Å²) in [6.07, 6.45) is 0.